The van der Waals surface area contributed by atoms with Crippen LogP contribution < -0.4 is 5.73 Å². The Hall–Kier alpha value is -1.10. The number of anilines is 1. The molecule has 2 aromatic heterocycles. The van der Waals surface area contributed by atoms with E-state index >= 15 is 0 Å². The molecule has 4 nitrogen and oxygen atoms in total. The Morgan fingerprint density at radius 1 is 1.55 bits per heavy atom. The maximum atomic E-state index is 5.61. The third-order valence-electron chi connectivity index (χ3n) is 1.36. The molecule has 5 heteroatoms. The van der Waals surface area contributed by atoms with Gasteiger partial charge in [-0.25, -0.2) is 4.98 Å². The molecular weight excluding hydrogens is 208 g/mol. The Morgan fingerprint density at radius 2 is 2.36 bits per heavy atom. The van der Waals surface area contributed by atoms with Gasteiger partial charge in [-0.05, 0) is 22.0 Å². The van der Waals surface area contributed by atoms with Crippen molar-refractivity contribution in [3.8, 4) is 0 Å². The molecule has 0 bridgehead atoms. The lowest BCUT2D eigenvalue weighted by Crippen LogP contribution is -1.98. The zero-order valence-corrected chi connectivity index (χ0v) is 7.12. The molecule has 0 aliphatic rings. The van der Waals surface area contributed by atoms with E-state index in [1.165, 1.54) is 0 Å². The summed E-state index contributed by atoms with van der Waals surface area (Å²) in [5.74, 6) is 0.584. The van der Waals surface area contributed by atoms with Crippen molar-refractivity contribution in [3.05, 3.63) is 22.9 Å². The van der Waals surface area contributed by atoms with Crippen molar-refractivity contribution in [2.24, 2.45) is 0 Å². The van der Waals surface area contributed by atoms with E-state index < -0.39 is 0 Å². The van der Waals surface area contributed by atoms with Crippen LogP contribution in [-0.2, 0) is 0 Å². The van der Waals surface area contributed by atoms with E-state index in [4.69, 9.17) is 5.73 Å². The fourth-order valence-electron chi connectivity index (χ4n) is 0.886. The molecule has 0 saturated carbocycles. The molecule has 2 rings (SSSR count). The summed E-state index contributed by atoms with van der Waals surface area (Å²) in [6.45, 7) is 0. The molecule has 0 aliphatic heterocycles. The minimum Gasteiger partial charge on any atom is -0.384 e. The van der Waals surface area contributed by atoms with Crippen LogP contribution in [0.5, 0.6) is 0 Å². The van der Waals surface area contributed by atoms with Gasteiger partial charge in [0.2, 0.25) is 0 Å². The molecule has 0 radical (unpaired) electrons. The van der Waals surface area contributed by atoms with Gasteiger partial charge in [0.05, 0.1) is 0 Å². The highest BCUT2D eigenvalue weighted by Crippen LogP contribution is 2.11. The fraction of sp³-hybridized carbons (Fsp3) is 0. The van der Waals surface area contributed by atoms with Crippen LogP contribution in [-0.4, -0.2) is 14.6 Å². The fourth-order valence-corrected chi connectivity index (χ4v) is 1.25. The lowest BCUT2D eigenvalue weighted by Gasteiger charge is -1.94. The van der Waals surface area contributed by atoms with Crippen molar-refractivity contribution in [3.63, 3.8) is 0 Å². The smallest absolute Gasteiger partial charge is 0.158 e. The molecule has 2 N–H and O–H groups in total. The van der Waals surface area contributed by atoms with Gasteiger partial charge in [-0.1, -0.05) is 0 Å². The molecule has 0 unspecified atom stereocenters. The number of nitrogens with zero attached hydrogens (tertiary/aromatic N) is 3. The molecule has 0 spiro atoms. The first-order valence-corrected chi connectivity index (χ1v) is 3.82. The standard InChI is InChI=1S/C6H5BrN4/c7-4-3-6-9-2-1-5(8)11(6)10-4/h1-3H,8H2. The Bertz CT molecular complexity index is 394. The quantitative estimate of drug-likeness (QED) is 0.712. The second kappa shape index (κ2) is 2.20. The lowest BCUT2D eigenvalue weighted by atomic mass is 10.6. The van der Waals surface area contributed by atoms with E-state index in [1.54, 1.807) is 22.8 Å². The molecule has 0 fully saturated rings. The van der Waals surface area contributed by atoms with Gasteiger partial charge in [0.1, 0.15) is 10.4 Å². The van der Waals surface area contributed by atoms with Gasteiger partial charge in [-0.2, -0.15) is 9.61 Å². The Balaban J connectivity index is 2.90. The molecule has 2 aromatic rings. The highest BCUT2D eigenvalue weighted by Gasteiger charge is 2.00. The third-order valence-corrected chi connectivity index (χ3v) is 1.74. The number of hydrogen-bond donors (Lipinski definition) is 1. The molecule has 0 saturated heterocycles. The maximum absolute atomic E-state index is 5.61. The van der Waals surface area contributed by atoms with E-state index in [0.717, 1.165) is 10.3 Å². The number of rotatable bonds is 0. The molecule has 0 amide bonds. The summed E-state index contributed by atoms with van der Waals surface area (Å²) >= 11 is 3.23. The van der Waals surface area contributed by atoms with Gasteiger partial charge >= 0.3 is 0 Å². The van der Waals surface area contributed by atoms with Crippen LogP contribution >= 0.6 is 15.9 Å². The second-order valence-corrected chi connectivity index (χ2v) is 2.92. The predicted molar refractivity (Wildman–Crippen MR) is 45.1 cm³/mol. The first-order valence-electron chi connectivity index (χ1n) is 3.03. The first-order chi connectivity index (χ1) is 5.27. The number of fused-ring (bicyclic) bond motifs is 1. The normalized spacial score (nSPS) is 10.6. The van der Waals surface area contributed by atoms with E-state index in [-0.39, 0.29) is 0 Å². The van der Waals surface area contributed by atoms with Crippen LogP contribution in [0, 0.1) is 0 Å². The van der Waals surface area contributed by atoms with Gasteiger partial charge in [-0.3, -0.25) is 0 Å². The van der Waals surface area contributed by atoms with Gasteiger partial charge in [0.15, 0.2) is 5.65 Å². The van der Waals surface area contributed by atoms with Crippen molar-refractivity contribution in [1.82, 2.24) is 14.6 Å². The van der Waals surface area contributed by atoms with Gasteiger partial charge in [0.25, 0.3) is 0 Å². The minimum atomic E-state index is 0.584. The van der Waals surface area contributed by atoms with Gasteiger partial charge in [0, 0.05) is 12.3 Å². The van der Waals surface area contributed by atoms with Gasteiger partial charge in [-0.15, -0.1) is 0 Å². The Morgan fingerprint density at radius 3 is 3.09 bits per heavy atom. The summed E-state index contributed by atoms with van der Waals surface area (Å²) in [4.78, 5) is 4.05. The topological polar surface area (TPSA) is 56.2 Å². The minimum absolute atomic E-state index is 0.584. The SMILES string of the molecule is Nc1ccnc2cc(Br)nn12. The largest absolute Gasteiger partial charge is 0.384 e. The van der Waals surface area contributed by atoms with Crippen molar-refractivity contribution in [1.29, 1.82) is 0 Å². The van der Waals surface area contributed by atoms with Crippen LogP contribution in [0.3, 0.4) is 0 Å². The van der Waals surface area contributed by atoms with E-state index in [2.05, 4.69) is 26.0 Å². The summed E-state index contributed by atoms with van der Waals surface area (Å²) < 4.78 is 2.31. The summed E-state index contributed by atoms with van der Waals surface area (Å²) in [7, 11) is 0. The molecule has 11 heavy (non-hydrogen) atoms. The van der Waals surface area contributed by atoms with Crippen molar-refractivity contribution in [2.45, 2.75) is 0 Å². The third kappa shape index (κ3) is 0.970. The lowest BCUT2D eigenvalue weighted by molar-refractivity contribution is 0.940. The van der Waals surface area contributed by atoms with E-state index in [1.807, 2.05) is 0 Å². The van der Waals surface area contributed by atoms with Crippen LogP contribution in [0.25, 0.3) is 5.65 Å². The Kier molecular flexibility index (Phi) is 1.32. The molecular formula is C6H5BrN4. The molecule has 0 aliphatic carbocycles. The monoisotopic (exact) mass is 212 g/mol. The van der Waals surface area contributed by atoms with E-state index in [9.17, 15) is 0 Å². The van der Waals surface area contributed by atoms with Crippen molar-refractivity contribution in [2.75, 3.05) is 5.73 Å². The number of halogens is 1. The molecule has 0 atom stereocenters. The van der Waals surface area contributed by atoms with Gasteiger partial charge < -0.3 is 5.73 Å². The second-order valence-electron chi connectivity index (χ2n) is 2.11. The van der Waals surface area contributed by atoms with Crippen LogP contribution in [0.15, 0.2) is 22.9 Å². The summed E-state index contributed by atoms with van der Waals surface area (Å²) in [6.07, 6.45) is 1.65. The number of aromatic nitrogens is 3. The highest BCUT2D eigenvalue weighted by atomic mass is 79.9. The average molecular weight is 213 g/mol. The summed E-state index contributed by atoms with van der Waals surface area (Å²) in [5, 5.41) is 4.06. The number of hydrogen-bond acceptors (Lipinski definition) is 3. The van der Waals surface area contributed by atoms with E-state index in [0.29, 0.717) is 5.82 Å². The molecule has 2 heterocycles. The predicted octanol–water partition coefficient (Wildman–Crippen LogP) is 1.07. The summed E-state index contributed by atoms with van der Waals surface area (Å²) in [6, 6.07) is 3.50. The number of nitrogen functional groups attached to an aromatic ring is 1. The number of nitrogens with two attached hydrogens (primary N) is 1. The molecule has 0 aromatic carbocycles. The zero-order chi connectivity index (χ0) is 7.84. The highest BCUT2D eigenvalue weighted by molar-refractivity contribution is 9.10. The molecule has 56 valence electrons. The van der Waals surface area contributed by atoms with Crippen molar-refractivity contribution >= 4 is 27.4 Å². The van der Waals surface area contributed by atoms with Crippen LogP contribution in [0.1, 0.15) is 0 Å². The maximum Gasteiger partial charge on any atom is 0.158 e. The van der Waals surface area contributed by atoms with Crippen LogP contribution in [0.2, 0.25) is 0 Å². The summed E-state index contributed by atoms with van der Waals surface area (Å²) in [5.41, 5.74) is 6.36. The average Bonchev–Trinajstić information content (AvgIpc) is 2.31. The van der Waals surface area contributed by atoms with Crippen molar-refractivity contribution < 1.29 is 0 Å². The zero-order valence-electron chi connectivity index (χ0n) is 5.53. The van der Waals surface area contributed by atoms with Crippen LogP contribution in [0.4, 0.5) is 5.82 Å². The first kappa shape index (κ1) is 6.60. The Labute approximate surface area is 71.2 Å².